The van der Waals surface area contributed by atoms with E-state index < -0.39 is 0 Å². The standard InChI is InChI=1S/C23H29ClN4O3S/c1-15(2)28(22(31)17-4-6-18(24)7-5-17)13-20(29)26-23-25-19(14-32-23)12-21(30)27-10-8-16(3)9-11-27/h4-7,14-16H,8-13H2,1-3H3,(H,25,26,29). The molecule has 1 aromatic carbocycles. The van der Waals surface area contributed by atoms with E-state index in [2.05, 4.69) is 17.2 Å². The van der Waals surface area contributed by atoms with Gasteiger partial charge in [-0.05, 0) is 56.9 Å². The highest BCUT2D eigenvalue weighted by atomic mass is 35.5. The fraction of sp³-hybridized carbons (Fsp3) is 0.478. The summed E-state index contributed by atoms with van der Waals surface area (Å²) in [5, 5.41) is 5.51. The molecule has 2 heterocycles. The predicted octanol–water partition coefficient (Wildman–Crippen LogP) is 4.09. The number of aromatic nitrogens is 1. The first-order chi connectivity index (χ1) is 15.2. The second-order valence-corrected chi connectivity index (χ2v) is 9.76. The largest absolute Gasteiger partial charge is 0.342 e. The van der Waals surface area contributed by atoms with E-state index in [4.69, 9.17) is 11.6 Å². The van der Waals surface area contributed by atoms with Crippen molar-refractivity contribution in [2.45, 2.75) is 46.1 Å². The number of hydrogen-bond acceptors (Lipinski definition) is 5. The summed E-state index contributed by atoms with van der Waals surface area (Å²) in [4.78, 5) is 45.7. The van der Waals surface area contributed by atoms with Crippen molar-refractivity contribution in [3.05, 3.63) is 45.9 Å². The highest BCUT2D eigenvalue weighted by Crippen LogP contribution is 2.20. The number of halogens is 1. The van der Waals surface area contributed by atoms with Crippen molar-refractivity contribution in [2.75, 3.05) is 25.0 Å². The summed E-state index contributed by atoms with van der Waals surface area (Å²) in [6, 6.07) is 6.42. The lowest BCUT2D eigenvalue weighted by Gasteiger charge is -2.30. The maximum atomic E-state index is 12.8. The molecule has 0 atom stereocenters. The molecular weight excluding hydrogens is 448 g/mol. The summed E-state index contributed by atoms with van der Waals surface area (Å²) in [6.45, 7) is 7.41. The Labute approximate surface area is 197 Å². The van der Waals surface area contributed by atoms with Crippen molar-refractivity contribution in [2.24, 2.45) is 5.92 Å². The molecule has 3 amide bonds. The Morgan fingerprint density at radius 1 is 1.22 bits per heavy atom. The molecule has 9 heteroatoms. The fourth-order valence-electron chi connectivity index (χ4n) is 3.53. The Balaban J connectivity index is 1.55. The van der Waals surface area contributed by atoms with E-state index in [-0.39, 0.29) is 36.7 Å². The van der Waals surface area contributed by atoms with Gasteiger partial charge in [-0.1, -0.05) is 18.5 Å². The molecule has 1 aromatic heterocycles. The monoisotopic (exact) mass is 476 g/mol. The Kier molecular flexibility index (Phi) is 8.26. The quantitative estimate of drug-likeness (QED) is 0.652. The maximum Gasteiger partial charge on any atom is 0.254 e. The summed E-state index contributed by atoms with van der Waals surface area (Å²) >= 11 is 7.17. The van der Waals surface area contributed by atoms with Gasteiger partial charge in [-0.2, -0.15) is 0 Å². The van der Waals surface area contributed by atoms with Crippen LogP contribution in [0.1, 0.15) is 49.7 Å². The molecule has 1 aliphatic rings. The average molecular weight is 477 g/mol. The molecule has 2 aromatic rings. The first-order valence-corrected chi connectivity index (χ1v) is 12.1. The molecule has 0 spiro atoms. The Morgan fingerprint density at radius 3 is 2.50 bits per heavy atom. The molecule has 1 aliphatic heterocycles. The van der Waals surface area contributed by atoms with Gasteiger partial charge in [-0.3, -0.25) is 14.4 Å². The van der Waals surface area contributed by atoms with E-state index in [9.17, 15) is 14.4 Å². The van der Waals surface area contributed by atoms with Crippen molar-refractivity contribution in [3.8, 4) is 0 Å². The minimum atomic E-state index is -0.335. The van der Waals surface area contributed by atoms with Crippen LogP contribution < -0.4 is 5.32 Å². The zero-order valence-corrected chi connectivity index (χ0v) is 20.2. The van der Waals surface area contributed by atoms with Crippen molar-refractivity contribution in [3.63, 3.8) is 0 Å². The van der Waals surface area contributed by atoms with E-state index in [1.54, 1.807) is 29.6 Å². The van der Waals surface area contributed by atoms with Crippen LogP contribution in [0.15, 0.2) is 29.6 Å². The predicted molar refractivity (Wildman–Crippen MR) is 127 cm³/mol. The van der Waals surface area contributed by atoms with Crippen LogP contribution in [0.25, 0.3) is 0 Å². The maximum absolute atomic E-state index is 12.8. The number of anilines is 1. The minimum absolute atomic E-state index is 0.0691. The third-order valence-corrected chi connectivity index (χ3v) is 6.61. The number of benzene rings is 1. The number of carbonyl (C=O) groups is 3. The number of likely N-dealkylation sites (tertiary alicyclic amines) is 1. The average Bonchev–Trinajstić information content (AvgIpc) is 3.18. The molecule has 7 nitrogen and oxygen atoms in total. The lowest BCUT2D eigenvalue weighted by Crippen LogP contribution is -2.42. The van der Waals surface area contributed by atoms with E-state index in [1.165, 1.54) is 16.2 Å². The van der Waals surface area contributed by atoms with Gasteiger partial charge in [-0.25, -0.2) is 4.98 Å². The first kappa shape index (κ1) is 24.2. The molecule has 0 bridgehead atoms. The molecule has 3 rings (SSSR count). The van der Waals surface area contributed by atoms with Crippen molar-refractivity contribution >= 4 is 45.8 Å². The van der Waals surface area contributed by atoms with Gasteiger partial charge in [0.15, 0.2) is 5.13 Å². The van der Waals surface area contributed by atoms with Gasteiger partial charge >= 0.3 is 0 Å². The van der Waals surface area contributed by atoms with Gasteiger partial charge in [0, 0.05) is 35.1 Å². The van der Waals surface area contributed by atoms with Crippen molar-refractivity contribution in [1.29, 1.82) is 0 Å². The molecule has 1 saturated heterocycles. The Morgan fingerprint density at radius 2 is 1.88 bits per heavy atom. The number of nitrogens with zero attached hydrogens (tertiary/aromatic N) is 3. The van der Waals surface area contributed by atoms with Crippen LogP contribution in [0.5, 0.6) is 0 Å². The summed E-state index contributed by atoms with van der Waals surface area (Å²) in [5.74, 6) is 0.156. The van der Waals surface area contributed by atoms with E-state index in [0.717, 1.165) is 25.9 Å². The zero-order chi connectivity index (χ0) is 23.3. The molecule has 1 N–H and O–H groups in total. The smallest absolute Gasteiger partial charge is 0.254 e. The number of rotatable bonds is 7. The lowest BCUT2D eigenvalue weighted by molar-refractivity contribution is -0.131. The third kappa shape index (κ3) is 6.53. The van der Waals surface area contributed by atoms with Gasteiger partial charge in [0.2, 0.25) is 11.8 Å². The SMILES string of the molecule is CC1CCN(C(=O)Cc2csc(NC(=O)CN(C(=O)c3ccc(Cl)cc3)C(C)C)n2)CC1. The number of amides is 3. The summed E-state index contributed by atoms with van der Waals surface area (Å²) in [7, 11) is 0. The first-order valence-electron chi connectivity index (χ1n) is 10.8. The molecule has 0 aliphatic carbocycles. The minimum Gasteiger partial charge on any atom is -0.342 e. The third-order valence-electron chi connectivity index (χ3n) is 5.56. The molecule has 0 saturated carbocycles. The van der Waals surface area contributed by atoms with E-state index >= 15 is 0 Å². The van der Waals surface area contributed by atoms with Gasteiger partial charge in [0.25, 0.3) is 5.91 Å². The number of hydrogen-bond donors (Lipinski definition) is 1. The van der Waals surface area contributed by atoms with Crippen LogP contribution in [0.4, 0.5) is 5.13 Å². The van der Waals surface area contributed by atoms with Gasteiger partial charge < -0.3 is 15.1 Å². The second kappa shape index (κ2) is 10.9. The van der Waals surface area contributed by atoms with E-state index in [1.807, 2.05) is 18.7 Å². The summed E-state index contributed by atoms with van der Waals surface area (Å²) in [6.07, 6.45) is 2.30. The van der Waals surface area contributed by atoms with Crippen LogP contribution in [0.3, 0.4) is 0 Å². The summed E-state index contributed by atoms with van der Waals surface area (Å²) < 4.78 is 0. The van der Waals surface area contributed by atoms with Crippen molar-refractivity contribution in [1.82, 2.24) is 14.8 Å². The second-order valence-electron chi connectivity index (χ2n) is 8.47. The van der Waals surface area contributed by atoms with E-state index in [0.29, 0.717) is 27.3 Å². The molecule has 1 fully saturated rings. The highest BCUT2D eigenvalue weighted by molar-refractivity contribution is 7.13. The topological polar surface area (TPSA) is 82.6 Å². The van der Waals surface area contributed by atoms with Gasteiger partial charge in [-0.15, -0.1) is 11.3 Å². The molecule has 172 valence electrons. The molecule has 32 heavy (non-hydrogen) atoms. The molecule has 0 radical (unpaired) electrons. The normalized spacial score (nSPS) is 14.5. The fourth-order valence-corrected chi connectivity index (χ4v) is 4.38. The number of nitrogens with one attached hydrogen (secondary N) is 1. The number of thiazole rings is 1. The number of carbonyl (C=O) groups excluding carboxylic acids is 3. The molecule has 0 unspecified atom stereocenters. The summed E-state index contributed by atoms with van der Waals surface area (Å²) in [5.41, 5.74) is 1.12. The van der Waals surface area contributed by atoms with Crippen LogP contribution >= 0.6 is 22.9 Å². The van der Waals surface area contributed by atoms with Gasteiger partial charge in [0.05, 0.1) is 12.1 Å². The van der Waals surface area contributed by atoms with Crippen LogP contribution in [-0.4, -0.2) is 58.2 Å². The van der Waals surface area contributed by atoms with Crippen LogP contribution in [0.2, 0.25) is 5.02 Å². The Bertz CT molecular complexity index is 952. The van der Waals surface area contributed by atoms with Crippen LogP contribution in [-0.2, 0) is 16.0 Å². The highest BCUT2D eigenvalue weighted by Gasteiger charge is 2.23. The van der Waals surface area contributed by atoms with Gasteiger partial charge in [0.1, 0.15) is 6.54 Å². The van der Waals surface area contributed by atoms with Crippen LogP contribution in [0, 0.1) is 5.92 Å². The van der Waals surface area contributed by atoms with Crippen molar-refractivity contribution < 1.29 is 14.4 Å². The molecular formula is C23H29ClN4O3S. The zero-order valence-electron chi connectivity index (χ0n) is 18.6. The lowest BCUT2D eigenvalue weighted by atomic mass is 9.99. The number of piperidine rings is 1. The Hall–Kier alpha value is -2.45.